The maximum Gasteiger partial charge on any atom is 0.253 e. The van der Waals surface area contributed by atoms with Crippen LogP contribution in [0.15, 0.2) is 28.5 Å². The highest BCUT2D eigenvalue weighted by Gasteiger charge is 2.41. The van der Waals surface area contributed by atoms with Gasteiger partial charge in [-0.3, -0.25) is 0 Å². The lowest BCUT2D eigenvalue weighted by atomic mass is 10.1. The standard InChI is InChI=1S/C15H16ClNO4S2/c16-11-1-2-14-10(7-11)8-15(22-14)23(18,19)17-4-6-21-13-9-20-5-3-12(13)17/h1-2,7-8,12-13H,3-6,9H2/t12-,13+/m0/s1. The fourth-order valence-corrected chi connectivity index (χ4v) is 6.53. The number of nitrogens with zero attached hydrogens (tertiary/aromatic N) is 1. The third-order valence-electron chi connectivity index (χ3n) is 4.30. The first-order valence-electron chi connectivity index (χ1n) is 7.46. The Morgan fingerprint density at radius 3 is 3.00 bits per heavy atom. The van der Waals surface area contributed by atoms with Crippen molar-refractivity contribution in [3.05, 3.63) is 29.3 Å². The van der Waals surface area contributed by atoms with Crippen LogP contribution in [-0.2, 0) is 19.5 Å². The summed E-state index contributed by atoms with van der Waals surface area (Å²) < 4.78 is 40.2. The van der Waals surface area contributed by atoms with Crippen molar-refractivity contribution in [3.63, 3.8) is 0 Å². The molecule has 5 nitrogen and oxygen atoms in total. The summed E-state index contributed by atoms with van der Waals surface area (Å²) in [4.78, 5) is 0. The van der Waals surface area contributed by atoms with Gasteiger partial charge in [-0.25, -0.2) is 8.42 Å². The van der Waals surface area contributed by atoms with Crippen LogP contribution in [-0.4, -0.2) is 51.2 Å². The highest BCUT2D eigenvalue weighted by molar-refractivity contribution is 7.91. The summed E-state index contributed by atoms with van der Waals surface area (Å²) in [5.74, 6) is 0. The fourth-order valence-electron chi connectivity index (χ4n) is 3.18. The van der Waals surface area contributed by atoms with Gasteiger partial charge in [-0.2, -0.15) is 4.31 Å². The highest BCUT2D eigenvalue weighted by atomic mass is 35.5. The average molecular weight is 374 g/mol. The lowest BCUT2D eigenvalue weighted by molar-refractivity contribution is -0.114. The molecule has 8 heteroatoms. The van der Waals surface area contributed by atoms with Gasteiger partial charge in [-0.05, 0) is 36.1 Å². The van der Waals surface area contributed by atoms with Crippen molar-refractivity contribution in [1.29, 1.82) is 0 Å². The van der Waals surface area contributed by atoms with Crippen LogP contribution < -0.4 is 0 Å². The van der Waals surface area contributed by atoms with E-state index in [2.05, 4.69) is 0 Å². The Morgan fingerprint density at radius 1 is 1.26 bits per heavy atom. The molecule has 1 aromatic carbocycles. The lowest BCUT2D eigenvalue weighted by Crippen LogP contribution is -2.57. The number of hydrogen-bond donors (Lipinski definition) is 0. The number of halogens is 1. The summed E-state index contributed by atoms with van der Waals surface area (Å²) in [5, 5.41) is 1.47. The first-order chi connectivity index (χ1) is 11.1. The Balaban J connectivity index is 1.72. The van der Waals surface area contributed by atoms with Crippen molar-refractivity contribution in [2.75, 3.05) is 26.4 Å². The van der Waals surface area contributed by atoms with Crippen LogP contribution in [0.1, 0.15) is 6.42 Å². The summed E-state index contributed by atoms with van der Waals surface area (Å²) in [5.41, 5.74) is 0. The molecular weight excluding hydrogens is 358 g/mol. The van der Waals surface area contributed by atoms with Crippen LogP contribution in [0.3, 0.4) is 0 Å². The topological polar surface area (TPSA) is 55.8 Å². The molecule has 0 radical (unpaired) electrons. The maximum atomic E-state index is 13.1. The monoisotopic (exact) mass is 373 g/mol. The lowest BCUT2D eigenvalue weighted by Gasteiger charge is -2.42. The van der Waals surface area contributed by atoms with Crippen LogP contribution in [0.2, 0.25) is 5.02 Å². The van der Waals surface area contributed by atoms with Gasteiger partial charge in [0, 0.05) is 22.9 Å². The number of hydrogen-bond acceptors (Lipinski definition) is 5. The molecular formula is C15H16ClNO4S2. The Morgan fingerprint density at radius 2 is 2.13 bits per heavy atom. The molecule has 0 spiro atoms. The number of fused-ring (bicyclic) bond motifs is 2. The highest BCUT2D eigenvalue weighted by Crippen LogP contribution is 2.35. The number of sulfonamides is 1. The van der Waals surface area contributed by atoms with Crippen LogP contribution in [0.25, 0.3) is 10.1 Å². The van der Waals surface area contributed by atoms with E-state index in [1.165, 1.54) is 11.3 Å². The SMILES string of the molecule is O=S(=O)(c1cc2cc(Cl)ccc2s1)N1CCO[C@@H]2COCC[C@@H]21. The fraction of sp³-hybridized carbons (Fsp3) is 0.467. The van der Waals surface area contributed by atoms with Gasteiger partial charge in [-0.15, -0.1) is 11.3 Å². The van der Waals surface area contributed by atoms with Gasteiger partial charge < -0.3 is 9.47 Å². The summed E-state index contributed by atoms with van der Waals surface area (Å²) in [6.07, 6.45) is 0.497. The minimum atomic E-state index is -3.53. The molecule has 2 fully saturated rings. The molecule has 2 atom stereocenters. The zero-order valence-electron chi connectivity index (χ0n) is 12.3. The summed E-state index contributed by atoms with van der Waals surface area (Å²) in [6.45, 7) is 1.82. The second kappa shape index (κ2) is 5.98. The summed E-state index contributed by atoms with van der Waals surface area (Å²) >= 11 is 7.28. The molecule has 2 aliphatic rings. The quantitative estimate of drug-likeness (QED) is 0.812. The Bertz CT molecular complexity index is 833. The molecule has 0 saturated carbocycles. The largest absolute Gasteiger partial charge is 0.379 e. The molecule has 23 heavy (non-hydrogen) atoms. The van der Waals surface area contributed by atoms with E-state index in [1.54, 1.807) is 22.5 Å². The van der Waals surface area contributed by atoms with E-state index < -0.39 is 10.0 Å². The average Bonchev–Trinajstić information content (AvgIpc) is 2.98. The van der Waals surface area contributed by atoms with Crippen LogP contribution in [0.4, 0.5) is 0 Å². The summed E-state index contributed by atoms with van der Waals surface area (Å²) in [7, 11) is -3.53. The van der Waals surface area contributed by atoms with Gasteiger partial charge in [0.05, 0.1) is 25.4 Å². The predicted octanol–water partition coefficient (Wildman–Crippen LogP) is 2.73. The summed E-state index contributed by atoms with van der Waals surface area (Å²) in [6, 6.07) is 7.00. The number of thiophene rings is 1. The van der Waals surface area contributed by atoms with Crippen molar-refractivity contribution in [1.82, 2.24) is 4.31 Å². The van der Waals surface area contributed by atoms with Gasteiger partial charge in [0.15, 0.2) is 0 Å². The molecule has 2 aliphatic heterocycles. The van der Waals surface area contributed by atoms with Crippen LogP contribution in [0.5, 0.6) is 0 Å². The first kappa shape index (κ1) is 15.8. The number of benzene rings is 1. The minimum Gasteiger partial charge on any atom is -0.379 e. The second-order valence-electron chi connectivity index (χ2n) is 5.70. The van der Waals surface area contributed by atoms with E-state index >= 15 is 0 Å². The molecule has 0 aliphatic carbocycles. The Kier molecular flexibility index (Phi) is 4.11. The van der Waals surface area contributed by atoms with Crippen molar-refractivity contribution in [2.24, 2.45) is 0 Å². The minimum absolute atomic E-state index is 0.142. The van der Waals surface area contributed by atoms with Crippen LogP contribution >= 0.6 is 22.9 Å². The first-order valence-corrected chi connectivity index (χ1v) is 10.1. The number of ether oxygens (including phenoxy) is 2. The van der Waals surface area contributed by atoms with E-state index in [0.717, 1.165) is 10.1 Å². The molecule has 2 aromatic rings. The maximum absolute atomic E-state index is 13.1. The molecule has 1 aromatic heterocycles. The molecule has 0 unspecified atom stereocenters. The molecule has 3 heterocycles. The predicted molar refractivity (Wildman–Crippen MR) is 89.7 cm³/mol. The number of rotatable bonds is 2. The molecule has 0 amide bonds. The Hall–Kier alpha value is -0.700. The van der Waals surface area contributed by atoms with Gasteiger partial charge in [0.1, 0.15) is 4.21 Å². The van der Waals surface area contributed by atoms with E-state index in [4.69, 9.17) is 21.1 Å². The van der Waals surface area contributed by atoms with Crippen LogP contribution in [0, 0.1) is 0 Å². The van der Waals surface area contributed by atoms with Gasteiger partial charge in [-0.1, -0.05) is 11.6 Å². The molecule has 0 N–H and O–H groups in total. The third kappa shape index (κ3) is 2.79. The van der Waals surface area contributed by atoms with Gasteiger partial charge in [0.2, 0.25) is 0 Å². The third-order valence-corrected chi connectivity index (χ3v) is 8.03. The van der Waals surface area contributed by atoms with Crippen molar-refractivity contribution in [3.8, 4) is 0 Å². The molecule has 0 bridgehead atoms. The smallest absolute Gasteiger partial charge is 0.253 e. The van der Waals surface area contributed by atoms with E-state index in [1.807, 2.05) is 6.07 Å². The normalized spacial score (nSPS) is 26.3. The van der Waals surface area contributed by atoms with Crippen molar-refractivity contribution < 1.29 is 17.9 Å². The zero-order valence-corrected chi connectivity index (χ0v) is 14.7. The molecule has 124 valence electrons. The van der Waals surface area contributed by atoms with E-state index in [-0.39, 0.29) is 12.1 Å². The zero-order chi connectivity index (χ0) is 16.0. The van der Waals surface area contributed by atoms with Crippen molar-refractivity contribution in [2.45, 2.75) is 22.8 Å². The number of morpholine rings is 1. The molecule has 2 saturated heterocycles. The molecule has 4 rings (SSSR count). The van der Waals surface area contributed by atoms with E-state index in [0.29, 0.717) is 42.0 Å². The van der Waals surface area contributed by atoms with E-state index in [9.17, 15) is 8.42 Å². The Labute approximate surface area is 143 Å². The van der Waals surface area contributed by atoms with Gasteiger partial charge in [0.25, 0.3) is 10.0 Å². The van der Waals surface area contributed by atoms with Crippen molar-refractivity contribution >= 4 is 43.0 Å². The second-order valence-corrected chi connectivity index (χ2v) is 9.34. The van der Waals surface area contributed by atoms with Gasteiger partial charge >= 0.3 is 0 Å².